The monoisotopic (exact) mass is 169 g/mol. The average molecular weight is 169 g/mol. The zero-order valence-electron chi connectivity index (χ0n) is 7.45. The van der Waals surface area contributed by atoms with E-state index in [1.807, 2.05) is 13.8 Å². The van der Waals surface area contributed by atoms with Gasteiger partial charge in [-0.2, -0.15) is 0 Å². The average Bonchev–Trinajstić information content (AvgIpc) is 2.55. The van der Waals surface area contributed by atoms with Gasteiger partial charge in [-0.15, -0.1) is 0 Å². The minimum Gasteiger partial charge on any atom is -0.472 e. The molecule has 1 unspecified atom stereocenters. The number of rotatable bonds is 3. The Morgan fingerprint density at radius 2 is 2.33 bits per heavy atom. The van der Waals surface area contributed by atoms with Crippen molar-refractivity contribution >= 4 is 0 Å². The van der Waals surface area contributed by atoms with Gasteiger partial charge >= 0.3 is 0 Å². The van der Waals surface area contributed by atoms with Gasteiger partial charge in [-0.3, -0.25) is 0 Å². The summed E-state index contributed by atoms with van der Waals surface area (Å²) in [4.78, 5) is 0. The Morgan fingerprint density at radius 1 is 1.67 bits per heavy atom. The van der Waals surface area contributed by atoms with Gasteiger partial charge in [0, 0.05) is 17.5 Å². The largest absolute Gasteiger partial charge is 0.472 e. The molecule has 0 amide bonds. The molecule has 0 saturated carbocycles. The van der Waals surface area contributed by atoms with E-state index < -0.39 is 6.10 Å². The Morgan fingerprint density at radius 3 is 2.75 bits per heavy atom. The second-order valence-corrected chi connectivity index (χ2v) is 3.65. The molecule has 68 valence electrons. The molecule has 0 aliphatic rings. The Balaban J connectivity index is 2.78. The maximum atomic E-state index is 9.80. The summed E-state index contributed by atoms with van der Waals surface area (Å²) in [5.74, 6) is 0. The molecule has 1 rings (SSSR count). The molecule has 0 spiro atoms. The van der Waals surface area contributed by atoms with Crippen LogP contribution in [0.15, 0.2) is 23.0 Å². The van der Waals surface area contributed by atoms with Gasteiger partial charge in [-0.1, -0.05) is 13.8 Å². The van der Waals surface area contributed by atoms with Crippen molar-refractivity contribution in [2.24, 2.45) is 11.1 Å². The van der Waals surface area contributed by atoms with Crippen LogP contribution in [0.3, 0.4) is 0 Å². The quantitative estimate of drug-likeness (QED) is 0.717. The zero-order valence-corrected chi connectivity index (χ0v) is 7.45. The summed E-state index contributed by atoms with van der Waals surface area (Å²) in [7, 11) is 0. The van der Waals surface area contributed by atoms with E-state index in [4.69, 9.17) is 10.2 Å². The number of aliphatic hydroxyl groups is 1. The van der Waals surface area contributed by atoms with E-state index in [2.05, 4.69) is 0 Å². The maximum absolute atomic E-state index is 9.80. The normalized spacial score (nSPS) is 14.7. The number of nitrogens with two attached hydrogens (primary N) is 1. The van der Waals surface area contributed by atoms with Crippen LogP contribution in [-0.2, 0) is 0 Å². The molecule has 0 aromatic carbocycles. The van der Waals surface area contributed by atoms with E-state index in [1.165, 1.54) is 0 Å². The third kappa shape index (κ3) is 1.68. The number of hydrogen-bond donors (Lipinski definition) is 2. The fraction of sp³-hybridized carbons (Fsp3) is 0.556. The maximum Gasteiger partial charge on any atom is 0.0960 e. The predicted molar refractivity (Wildman–Crippen MR) is 46.5 cm³/mol. The molecule has 0 aliphatic heterocycles. The fourth-order valence-corrected chi connectivity index (χ4v) is 0.993. The number of hydrogen-bond acceptors (Lipinski definition) is 3. The Bertz CT molecular complexity index is 229. The van der Waals surface area contributed by atoms with Crippen molar-refractivity contribution < 1.29 is 9.52 Å². The van der Waals surface area contributed by atoms with Gasteiger partial charge in [0.05, 0.1) is 18.6 Å². The summed E-state index contributed by atoms with van der Waals surface area (Å²) in [5.41, 5.74) is 6.00. The Hall–Kier alpha value is -0.800. The van der Waals surface area contributed by atoms with Gasteiger partial charge in [0.1, 0.15) is 0 Å². The molecule has 3 N–H and O–H groups in total. The molecule has 3 nitrogen and oxygen atoms in total. The lowest BCUT2D eigenvalue weighted by atomic mass is 9.84. The standard InChI is InChI=1S/C9H15NO2/c1-9(2,6-10)8(11)7-3-4-12-5-7/h3-5,8,11H,6,10H2,1-2H3. The summed E-state index contributed by atoms with van der Waals surface area (Å²) >= 11 is 0. The summed E-state index contributed by atoms with van der Waals surface area (Å²) in [6, 6.07) is 1.75. The first-order valence-corrected chi connectivity index (χ1v) is 3.98. The Kier molecular flexibility index (Phi) is 2.55. The molecule has 1 aromatic rings. The molecule has 0 radical (unpaired) electrons. The van der Waals surface area contributed by atoms with Crippen molar-refractivity contribution in [1.82, 2.24) is 0 Å². The highest BCUT2D eigenvalue weighted by Gasteiger charge is 2.28. The lowest BCUT2D eigenvalue weighted by Crippen LogP contribution is -2.30. The van der Waals surface area contributed by atoms with Gasteiger partial charge in [-0.25, -0.2) is 0 Å². The van der Waals surface area contributed by atoms with E-state index in [0.717, 1.165) is 5.56 Å². The van der Waals surface area contributed by atoms with Crippen LogP contribution in [0.1, 0.15) is 25.5 Å². The van der Waals surface area contributed by atoms with Crippen molar-refractivity contribution in [3.05, 3.63) is 24.2 Å². The molecular weight excluding hydrogens is 154 g/mol. The minimum absolute atomic E-state index is 0.302. The highest BCUT2D eigenvalue weighted by atomic mass is 16.3. The highest BCUT2D eigenvalue weighted by molar-refractivity contribution is 5.12. The van der Waals surface area contributed by atoms with Crippen molar-refractivity contribution in [3.63, 3.8) is 0 Å². The van der Waals surface area contributed by atoms with Crippen molar-refractivity contribution in [2.45, 2.75) is 20.0 Å². The van der Waals surface area contributed by atoms with E-state index in [0.29, 0.717) is 6.54 Å². The fourth-order valence-electron chi connectivity index (χ4n) is 0.993. The summed E-state index contributed by atoms with van der Waals surface area (Å²) in [6.07, 6.45) is 2.54. The summed E-state index contributed by atoms with van der Waals surface area (Å²) in [5, 5.41) is 9.80. The van der Waals surface area contributed by atoms with Crippen LogP contribution in [0.2, 0.25) is 0 Å². The number of furan rings is 1. The van der Waals surface area contributed by atoms with Crippen molar-refractivity contribution in [3.8, 4) is 0 Å². The topological polar surface area (TPSA) is 59.4 Å². The molecule has 0 fully saturated rings. The molecular formula is C9H15NO2. The molecule has 0 bridgehead atoms. The van der Waals surface area contributed by atoms with E-state index in [9.17, 15) is 5.11 Å². The van der Waals surface area contributed by atoms with Crippen LogP contribution in [-0.4, -0.2) is 11.7 Å². The smallest absolute Gasteiger partial charge is 0.0960 e. The van der Waals surface area contributed by atoms with Gasteiger partial charge in [0.15, 0.2) is 0 Å². The number of aliphatic hydroxyl groups excluding tert-OH is 1. The first-order valence-electron chi connectivity index (χ1n) is 3.98. The van der Waals surface area contributed by atoms with Gasteiger partial charge in [-0.05, 0) is 6.07 Å². The van der Waals surface area contributed by atoms with Gasteiger partial charge in [0.25, 0.3) is 0 Å². The van der Waals surface area contributed by atoms with Crippen molar-refractivity contribution in [2.75, 3.05) is 6.54 Å². The molecule has 1 aromatic heterocycles. The van der Waals surface area contributed by atoms with Crippen LogP contribution < -0.4 is 5.73 Å². The summed E-state index contributed by atoms with van der Waals surface area (Å²) < 4.78 is 4.87. The van der Waals surface area contributed by atoms with E-state index >= 15 is 0 Å². The lowest BCUT2D eigenvalue weighted by molar-refractivity contribution is 0.0550. The molecule has 3 heteroatoms. The van der Waals surface area contributed by atoms with Gasteiger partial charge < -0.3 is 15.3 Å². The minimum atomic E-state index is -0.554. The van der Waals surface area contributed by atoms with Crippen LogP contribution in [0.25, 0.3) is 0 Å². The third-order valence-corrected chi connectivity index (χ3v) is 2.13. The highest BCUT2D eigenvalue weighted by Crippen LogP contribution is 2.31. The predicted octanol–water partition coefficient (Wildman–Crippen LogP) is 1.30. The second kappa shape index (κ2) is 3.29. The lowest BCUT2D eigenvalue weighted by Gasteiger charge is -2.27. The molecule has 1 heterocycles. The first-order chi connectivity index (χ1) is 5.58. The zero-order chi connectivity index (χ0) is 9.19. The molecule has 1 atom stereocenters. The SMILES string of the molecule is CC(C)(CN)C(O)c1ccoc1. The van der Waals surface area contributed by atoms with Crippen LogP contribution in [0.5, 0.6) is 0 Å². The van der Waals surface area contributed by atoms with E-state index in [1.54, 1.807) is 18.6 Å². The molecule has 0 aliphatic carbocycles. The van der Waals surface area contributed by atoms with Crippen LogP contribution >= 0.6 is 0 Å². The third-order valence-electron chi connectivity index (χ3n) is 2.13. The summed E-state index contributed by atoms with van der Waals surface area (Å²) in [6.45, 7) is 4.29. The molecule has 12 heavy (non-hydrogen) atoms. The van der Waals surface area contributed by atoms with Gasteiger partial charge in [0.2, 0.25) is 0 Å². The Labute approximate surface area is 72.2 Å². The molecule has 0 saturated heterocycles. The van der Waals surface area contributed by atoms with Crippen LogP contribution in [0, 0.1) is 5.41 Å². The van der Waals surface area contributed by atoms with Crippen molar-refractivity contribution in [1.29, 1.82) is 0 Å². The first kappa shape index (κ1) is 9.29. The second-order valence-electron chi connectivity index (χ2n) is 3.65. The van der Waals surface area contributed by atoms with Crippen LogP contribution in [0.4, 0.5) is 0 Å². The van der Waals surface area contributed by atoms with E-state index in [-0.39, 0.29) is 5.41 Å².